The Balaban J connectivity index is 1.92. The molecule has 0 spiro atoms. The van der Waals surface area contributed by atoms with Gasteiger partial charge >= 0.3 is 0 Å². The number of hydrogen-bond donors (Lipinski definition) is 0. The minimum absolute atomic E-state index is 0.0240. The maximum Gasteiger partial charge on any atom is 0.254 e. The first-order valence-corrected chi connectivity index (χ1v) is 14.1. The van der Waals surface area contributed by atoms with Crippen LogP contribution in [0.25, 0.3) is 0 Å². The van der Waals surface area contributed by atoms with E-state index in [1.165, 1.54) is 7.11 Å². The second kappa shape index (κ2) is 15.2. The van der Waals surface area contributed by atoms with Gasteiger partial charge in [-0.3, -0.25) is 14.5 Å². The molecule has 0 aliphatic carbocycles. The zero-order valence-electron chi connectivity index (χ0n) is 24.0. The molecule has 0 aromatic heterocycles. The fourth-order valence-corrected chi connectivity index (χ4v) is 4.91. The maximum atomic E-state index is 13.9. The van der Waals surface area contributed by atoms with Crippen LogP contribution < -0.4 is 9.64 Å². The Labute approximate surface area is 238 Å². The number of anilines is 1. The van der Waals surface area contributed by atoms with Crippen LogP contribution in [0.4, 0.5) is 5.69 Å². The Morgan fingerprint density at radius 1 is 1.05 bits per heavy atom. The molecule has 0 N–H and O–H groups in total. The number of halogens is 1. The quantitative estimate of drug-likeness (QED) is 0.425. The van der Waals surface area contributed by atoms with Crippen LogP contribution in [0.1, 0.15) is 42.6 Å². The lowest BCUT2D eigenvalue weighted by atomic mass is 10.1. The van der Waals surface area contributed by atoms with Crippen LogP contribution >= 0.6 is 11.6 Å². The first-order chi connectivity index (χ1) is 18.7. The third-order valence-electron chi connectivity index (χ3n) is 6.87. The number of ether oxygens (including phenoxy) is 2. The lowest BCUT2D eigenvalue weighted by Crippen LogP contribution is -2.41. The molecule has 0 saturated carbocycles. The van der Waals surface area contributed by atoms with Gasteiger partial charge in [0.1, 0.15) is 12.4 Å². The average molecular weight is 559 g/mol. The highest BCUT2D eigenvalue weighted by molar-refractivity contribution is 6.31. The van der Waals surface area contributed by atoms with Crippen LogP contribution in [0, 0.1) is 0 Å². The molecule has 2 amide bonds. The zero-order chi connectivity index (χ0) is 28.4. The molecular weight excluding hydrogens is 516 g/mol. The van der Waals surface area contributed by atoms with E-state index in [9.17, 15) is 9.59 Å². The zero-order valence-corrected chi connectivity index (χ0v) is 24.7. The molecule has 8 nitrogen and oxygen atoms in total. The molecule has 0 atom stereocenters. The van der Waals surface area contributed by atoms with E-state index in [1.807, 2.05) is 61.5 Å². The van der Waals surface area contributed by atoms with Crippen LogP contribution in [0.5, 0.6) is 5.75 Å². The summed E-state index contributed by atoms with van der Waals surface area (Å²) in [4.78, 5) is 35.1. The highest BCUT2D eigenvalue weighted by Gasteiger charge is 2.25. The van der Waals surface area contributed by atoms with Gasteiger partial charge in [0.15, 0.2) is 0 Å². The van der Waals surface area contributed by atoms with Crippen molar-refractivity contribution in [1.82, 2.24) is 14.7 Å². The first kappa shape index (κ1) is 30.9. The van der Waals surface area contributed by atoms with Gasteiger partial charge in [-0.1, -0.05) is 23.7 Å². The van der Waals surface area contributed by atoms with Crippen molar-refractivity contribution >= 4 is 29.1 Å². The van der Waals surface area contributed by atoms with Crippen LogP contribution in [-0.2, 0) is 16.1 Å². The minimum Gasteiger partial charge on any atom is -0.494 e. The predicted molar refractivity (Wildman–Crippen MR) is 157 cm³/mol. The molecule has 0 bridgehead atoms. The van der Waals surface area contributed by atoms with E-state index in [2.05, 4.69) is 23.6 Å². The van der Waals surface area contributed by atoms with Gasteiger partial charge in [0.25, 0.3) is 11.8 Å². The molecular formula is C30H43ClN4O4. The molecule has 3 rings (SSSR count). The van der Waals surface area contributed by atoms with E-state index in [1.54, 1.807) is 4.90 Å². The number of rotatable bonds is 9. The molecule has 0 saturated heterocycles. The van der Waals surface area contributed by atoms with E-state index >= 15 is 0 Å². The topological polar surface area (TPSA) is 65.6 Å². The molecule has 0 unspecified atom stereocenters. The molecule has 0 fully saturated rings. The fraction of sp³-hybridized carbons (Fsp3) is 0.533. The van der Waals surface area contributed by atoms with Gasteiger partial charge in [-0.2, -0.15) is 0 Å². The van der Waals surface area contributed by atoms with Crippen molar-refractivity contribution in [3.05, 3.63) is 58.6 Å². The van der Waals surface area contributed by atoms with Gasteiger partial charge in [0.2, 0.25) is 0 Å². The second-order valence-electron chi connectivity index (χ2n) is 10.5. The fourth-order valence-electron chi connectivity index (χ4n) is 4.74. The molecule has 2 aromatic carbocycles. The summed E-state index contributed by atoms with van der Waals surface area (Å²) in [6, 6.07) is 13.2. The monoisotopic (exact) mass is 558 g/mol. The third-order valence-corrected chi connectivity index (χ3v) is 7.10. The van der Waals surface area contributed by atoms with Gasteiger partial charge in [-0.25, -0.2) is 0 Å². The Morgan fingerprint density at radius 2 is 1.85 bits per heavy atom. The number of methoxy groups -OCH3 is 1. The summed E-state index contributed by atoms with van der Waals surface area (Å²) in [7, 11) is 5.59. The number of carbonyl (C=O) groups is 2. The summed E-state index contributed by atoms with van der Waals surface area (Å²) in [6.07, 6.45) is 1.70. The van der Waals surface area contributed by atoms with Gasteiger partial charge in [0.05, 0.1) is 12.3 Å². The van der Waals surface area contributed by atoms with E-state index in [-0.39, 0.29) is 18.4 Å². The highest BCUT2D eigenvalue weighted by Crippen LogP contribution is 2.28. The third kappa shape index (κ3) is 9.21. The normalized spacial score (nSPS) is 15.3. The van der Waals surface area contributed by atoms with Crippen molar-refractivity contribution in [3.8, 4) is 5.75 Å². The van der Waals surface area contributed by atoms with Crippen LogP contribution in [0.15, 0.2) is 42.5 Å². The lowest BCUT2D eigenvalue weighted by molar-refractivity contribution is -0.122. The maximum absolute atomic E-state index is 13.9. The highest BCUT2D eigenvalue weighted by atomic mass is 35.5. The van der Waals surface area contributed by atoms with Crippen LogP contribution in [-0.4, -0.2) is 99.7 Å². The van der Waals surface area contributed by atoms with Crippen molar-refractivity contribution in [2.45, 2.75) is 39.3 Å². The summed E-state index contributed by atoms with van der Waals surface area (Å²) < 4.78 is 11.1. The first-order valence-electron chi connectivity index (χ1n) is 13.7. The number of fused-ring (bicyclic) bond motifs is 1. The Kier molecular flexibility index (Phi) is 12.1. The van der Waals surface area contributed by atoms with Gasteiger partial charge in [-0.15, -0.1) is 0 Å². The van der Waals surface area contributed by atoms with Crippen molar-refractivity contribution < 1.29 is 19.1 Å². The van der Waals surface area contributed by atoms with Crippen LogP contribution in [0.2, 0.25) is 5.02 Å². The molecule has 39 heavy (non-hydrogen) atoms. The minimum atomic E-state index is -0.131. The lowest BCUT2D eigenvalue weighted by Gasteiger charge is -2.30. The Morgan fingerprint density at radius 3 is 2.56 bits per heavy atom. The SMILES string of the molecule is COCC(=O)N1CCCN(C(C)C)CCN(C(=O)c2cccc(OCCCN(C)C)c2)Cc2ccc(Cl)cc21. The van der Waals surface area contributed by atoms with E-state index in [0.717, 1.165) is 43.7 Å². The van der Waals surface area contributed by atoms with Gasteiger partial charge in [0, 0.05) is 63.0 Å². The molecule has 1 aliphatic heterocycles. The predicted octanol–water partition coefficient (Wildman–Crippen LogP) is 4.41. The van der Waals surface area contributed by atoms with Crippen molar-refractivity contribution in [1.29, 1.82) is 0 Å². The number of amides is 2. The summed E-state index contributed by atoms with van der Waals surface area (Å²) in [5.41, 5.74) is 2.17. The summed E-state index contributed by atoms with van der Waals surface area (Å²) in [5.74, 6) is 0.477. The summed E-state index contributed by atoms with van der Waals surface area (Å²) in [5, 5.41) is 0.541. The van der Waals surface area contributed by atoms with Crippen molar-refractivity contribution in [2.24, 2.45) is 0 Å². The standard InChI is InChI=1S/C30H43ClN4O4/c1-23(2)33-14-7-15-35(29(36)22-38-5)28-20-26(31)12-11-25(28)21-34(17-16-33)30(37)24-9-6-10-27(19-24)39-18-8-13-32(3)4/h6,9-12,19-20,23H,7-8,13-18,21-22H2,1-5H3. The number of carbonyl (C=O) groups excluding carboxylic acids is 2. The molecule has 214 valence electrons. The smallest absolute Gasteiger partial charge is 0.254 e. The number of nitrogens with zero attached hydrogens (tertiary/aromatic N) is 4. The summed E-state index contributed by atoms with van der Waals surface area (Å²) >= 11 is 6.39. The number of hydrogen-bond acceptors (Lipinski definition) is 6. The van der Waals surface area contributed by atoms with Crippen molar-refractivity contribution in [3.63, 3.8) is 0 Å². The van der Waals surface area contributed by atoms with Gasteiger partial charge in [-0.05, 0) is 76.7 Å². The summed E-state index contributed by atoms with van der Waals surface area (Å²) in [6.45, 7) is 8.80. The van der Waals surface area contributed by atoms with Crippen LogP contribution in [0.3, 0.4) is 0 Å². The molecule has 9 heteroatoms. The van der Waals surface area contributed by atoms with E-state index < -0.39 is 0 Å². The van der Waals surface area contributed by atoms with Gasteiger partial charge < -0.3 is 24.2 Å². The molecule has 0 radical (unpaired) electrons. The largest absolute Gasteiger partial charge is 0.494 e. The van der Waals surface area contributed by atoms with E-state index in [4.69, 9.17) is 21.1 Å². The van der Waals surface area contributed by atoms with E-state index in [0.29, 0.717) is 48.6 Å². The average Bonchev–Trinajstić information content (AvgIpc) is 2.93. The second-order valence-corrected chi connectivity index (χ2v) is 10.9. The molecule has 1 heterocycles. The number of benzene rings is 2. The molecule has 1 aliphatic rings. The van der Waals surface area contributed by atoms with Crippen molar-refractivity contribution in [2.75, 3.05) is 72.0 Å². The molecule has 2 aromatic rings. The Hall–Kier alpha value is -2.65. The Bertz CT molecular complexity index is 1090.